The molecule has 0 radical (unpaired) electrons. The van der Waals surface area contributed by atoms with Gasteiger partial charge in [-0.05, 0) is 23.5 Å². The van der Waals surface area contributed by atoms with Gasteiger partial charge in [0.15, 0.2) is 0 Å². The van der Waals surface area contributed by atoms with Crippen LogP contribution in [-0.4, -0.2) is 6.41 Å². The van der Waals surface area contributed by atoms with Crippen LogP contribution >= 0.6 is 0 Å². The van der Waals surface area contributed by atoms with Gasteiger partial charge < -0.3 is 5.32 Å². The van der Waals surface area contributed by atoms with Crippen LogP contribution in [0.5, 0.6) is 0 Å². The highest BCUT2D eigenvalue weighted by Crippen LogP contribution is 2.34. The van der Waals surface area contributed by atoms with Crippen LogP contribution in [0.25, 0.3) is 0 Å². The first-order valence-electron chi connectivity index (χ1n) is 4.60. The fourth-order valence-corrected chi connectivity index (χ4v) is 2.12. The van der Waals surface area contributed by atoms with E-state index in [2.05, 4.69) is 30.4 Å². The third kappa shape index (κ3) is 1.32. The molecule has 1 aromatic rings. The molecule has 2 rings (SSSR count). The SMILES string of the molecule is C[C@H]1Cc2ccccc2[C@H]1NC=O. The highest BCUT2D eigenvalue weighted by molar-refractivity contribution is 5.50. The number of benzene rings is 1. The van der Waals surface area contributed by atoms with Crippen molar-refractivity contribution in [1.82, 2.24) is 5.32 Å². The van der Waals surface area contributed by atoms with Crippen molar-refractivity contribution in [2.45, 2.75) is 19.4 Å². The molecule has 0 fully saturated rings. The van der Waals surface area contributed by atoms with E-state index in [1.54, 1.807) is 0 Å². The molecule has 0 saturated carbocycles. The van der Waals surface area contributed by atoms with Gasteiger partial charge in [-0.15, -0.1) is 0 Å². The van der Waals surface area contributed by atoms with Crippen molar-refractivity contribution in [3.63, 3.8) is 0 Å². The molecule has 1 aromatic carbocycles. The standard InChI is InChI=1S/C11H13NO/c1-8-6-9-4-2-3-5-10(9)11(8)12-7-13/h2-5,7-8,11H,6H2,1H3,(H,12,13)/t8-,11-/m0/s1. The predicted octanol–water partition coefficient (Wildman–Crippen LogP) is 1.67. The third-order valence-corrected chi connectivity index (χ3v) is 2.75. The Hall–Kier alpha value is -1.31. The molecule has 2 atom stereocenters. The van der Waals surface area contributed by atoms with Gasteiger partial charge in [-0.3, -0.25) is 4.79 Å². The van der Waals surface area contributed by atoms with Gasteiger partial charge in [0.25, 0.3) is 0 Å². The van der Waals surface area contributed by atoms with E-state index in [1.807, 2.05) is 6.07 Å². The van der Waals surface area contributed by atoms with Gasteiger partial charge in [0.05, 0.1) is 6.04 Å². The number of carbonyl (C=O) groups is 1. The maximum Gasteiger partial charge on any atom is 0.207 e. The van der Waals surface area contributed by atoms with E-state index in [0.717, 1.165) is 12.8 Å². The number of fused-ring (bicyclic) bond motifs is 1. The maximum atomic E-state index is 10.4. The average molecular weight is 175 g/mol. The van der Waals surface area contributed by atoms with Crippen molar-refractivity contribution in [2.75, 3.05) is 0 Å². The second kappa shape index (κ2) is 3.21. The maximum absolute atomic E-state index is 10.4. The van der Waals surface area contributed by atoms with Crippen LogP contribution in [0.1, 0.15) is 24.1 Å². The van der Waals surface area contributed by atoms with Gasteiger partial charge >= 0.3 is 0 Å². The van der Waals surface area contributed by atoms with E-state index in [1.165, 1.54) is 11.1 Å². The van der Waals surface area contributed by atoms with E-state index < -0.39 is 0 Å². The summed E-state index contributed by atoms with van der Waals surface area (Å²) >= 11 is 0. The zero-order chi connectivity index (χ0) is 9.26. The van der Waals surface area contributed by atoms with Crippen LogP contribution in [0.15, 0.2) is 24.3 Å². The van der Waals surface area contributed by atoms with Crippen LogP contribution in [0.2, 0.25) is 0 Å². The van der Waals surface area contributed by atoms with E-state index in [9.17, 15) is 4.79 Å². The molecular formula is C11H13NO. The van der Waals surface area contributed by atoms with Gasteiger partial charge in [-0.2, -0.15) is 0 Å². The van der Waals surface area contributed by atoms with E-state index >= 15 is 0 Å². The van der Waals surface area contributed by atoms with Crippen LogP contribution in [-0.2, 0) is 11.2 Å². The summed E-state index contributed by atoms with van der Waals surface area (Å²) in [5.41, 5.74) is 2.65. The second-order valence-electron chi connectivity index (χ2n) is 3.64. The first kappa shape index (κ1) is 8.30. The lowest BCUT2D eigenvalue weighted by atomic mass is 10.0. The number of nitrogens with one attached hydrogen (secondary N) is 1. The predicted molar refractivity (Wildman–Crippen MR) is 51.3 cm³/mol. The van der Waals surface area contributed by atoms with Crippen LogP contribution in [0.3, 0.4) is 0 Å². The Labute approximate surface area is 78.0 Å². The fourth-order valence-electron chi connectivity index (χ4n) is 2.12. The Balaban J connectivity index is 2.34. The van der Waals surface area contributed by atoms with E-state index in [0.29, 0.717) is 5.92 Å². The summed E-state index contributed by atoms with van der Waals surface area (Å²) in [6.07, 6.45) is 1.87. The van der Waals surface area contributed by atoms with Gasteiger partial charge in [0, 0.05) is 0 Å². The summed E-state index contributed by atoms with van der Waals surface area (Å²) in [5.74, 6) is 0.516. The van der Waals surface area contributed by atoms with Crippen molar-refractivity contribution in [1.29, 1.82) is 0 Å². The Morgan fingerprint density at radius 1 is 1.46 bits per heavy atom. The highest BCUT2D eigenvalue weighted by atomic mass is 16.1. The summed E-state index contributed by atoms with van der Waals surface area (Å²) in [5, 5.41) is 2.87. The number of carbonyl (C=O) groups excluding carboxylic acids is 1. The minimum Gasteiger partial charge on any atom is -0.352 e. The highest BCUT2D eigenvalue weighted by Gasteiger charge is 2.27. The molecule has 1 N–H and O–H groups in total. The lowest BCUT2D eigenvalue weighted by Crippen LogP contribution is -2.22. The van der Waals surface area contributed by atoms with Gasteiger partial charge in [0.2, 0.25) is 6.41 Å². The Kier molecular flexibility index (Phi) is 2.05. The molecule has 1 aliphatic carbocycles. The lowest BCUT2D eigenvalue weighted by Gasteiger charge is -2.14. The van der Waals surface area contributed by atoms with Gasteiger partial charge in [0.1, 0.15) is 0 Å². The number of rotatable bonds is 2. The molecular weight excluding hydrogens is 162 g/mol. The summed E-state index contributed by atoms with van der Waals surface area (Å²) in [7, 11) is 0. The largest absolute Gasteiger partial charge is 0.352 e. The molecule has 0 bridgehead atoms. The summed E-state index contributed by atoms with van der Waals surface area (Å²) in [6, 6.07) is 8.53. The average Bonchev–Trinajstić information content (AvgIpc) is 2.44. The molecule has 2 heteroatoms. The first-order valence-corrected chi connectivity index (χ1v) is 4.60. The van der Waals surface area contributed by atoms with Gasteiger partial charge in [-0.25, -0.2) is 0 Å². The molecule has 0 unspecified atom stereocenters. The van der Waals surface area contributed by atoms with E-state index in [-0.39, 0.29) is 6.04 Å². The van der Waals surface area contributed by atoms with Crippen molar-refractivity contribution in [3.8, 4) is 0 Å². The zero-order valence-corrected chi connectivity index (χ0v) is 7.66. The normalized spacial score (nSPS) is 25.3. The lowest BCUT2D eigenvalue weighted by molar-refractivity contribution is -0.110. The quantitative estimate of drug-likeness (QED) is 0.680. The summed E-state index contributed by atoms with van der Waals surface area (Å²) in [6.45, 7) is 2.17. The zero-order valence-electron chi connectivity index (χ0n) is 7.66. The molecule has 1 aliphatic rings. The fraction of sp³-hybridized carbons (Fsp3) is 0.364. The monoisotopic (exact) mass is 175 g/mol. The topological polar surface area (TPSA) is 29.1 Å². The molecule has 68 valence electrons. The summed E-state index contributed by atoms with van der Waals surface area (Å²) < 4.78 is 0. The molecule has 0 aromatic heterocycles. The van der Waals surface area contributed by atoms with Crippen LogP contribution in [0.4, 0.5) is 0 Å². The van der Waals surface area contributed by atoms with Crippen molar-refractivity contribution >= 4 is 6.41 Å². The number of amides is 1. The molecule has 0 heterocycles. The minimum absolute atomic E-state index is 0.216. The van der Waals surface area contributed by atoms with Crippen LogP contribution < -0.4 is 5.32 Å². The molecule has 13 heavy (non-hydrogen) atoms. The Morgan fingerprint density at radius 2 is 2.23 bits per heavy atom. The molecule has 0 spiro atoms. The Morgan fingerprint density at radius 3 is 3.00 bits per heavy atom. The van der Waals surface area contributed by atoms with Crippen molar-refractivity contribution in [2.24, 2.45) is 5.92 Å². The first-order chi connectivity index (χ1) is 6.33. The molecule has 0 aliphatic heterocycles. The number of hydrogen-bond acceptors (Lipinski definition) is 1. The van der Waals surface area contributed by atoms with E-state index in [4.69, 9.17) is 0 Å². The van der Waals surface area contributed by atoms with Gasteiger partial charge in [-0.1, -0.05) is 31.2 Å². The second-order valence-corrected chi connectivity index (χ2v) is 3.64. The minimum atomic E-state index is 0.216. The third-order valence-electron chi connectivity index (χ3n) is 2.75. The van der Waals surface area contributed by atoms with Crippen LogP contribution in [0, 0.1) is 5.92 Å². The molecule has 2 nitrogen and oxygen atoms in total. The Bertz CT molecular complexity index is 322. The van der Waals surface area contributed by atoms with Crippen molar-refractivity contribution < 1.29 is 4.79 Å². The molecule has 0 saturated heterocycles. The summed E-state index contributed by atoms with van der Waals surface area (Å²) in [4.78, 5) is 10.4. The molecule has 1 amide bonds. The van der Waals surface area contributed by atoms with Crippen molar-refractivity contribution in [3.05, 3.63) is 35.4 Å². The number of hydrogen-bond donors (Lipinski definition) is 1. The smallest absolute Gasteiger partial charge is 0.207 e.